The Morgan fingerprint density at radius 1 is 1.21 bits per heavy atom. The summed E-state index contributed by atoms with van der Waals surface area (Å²) in [7, 11) is 0. The Morgan fingerprint density at radius 3 is 2.54 bits per heavy atom. The number of carbonyl (C=O) groups excluding carboxylic acids is 1. The number of hydrogen-bond acceptors (Lipinski definition) is 3. The van der Waals surface area contributed by atoms with E-state index < -0.39 is 11.9 Å². The van der Waals surface area contributed by atoms with Crippen molar-refractivity contribution in [2.75, 3.05) is 11.4 Å². The van der Waals surface area contributed by atoms with E-state index in [4.69, 9.17) is 9.84 Å². The summed E-state index contributed by atoms with van der Waals surface area (Å²) in [6.07, 6.45) is 0.0148. The number of aliphatic carboxylic acids is 1. The first-order valence-electron chi connectivity index (χ1n) is 7.54. The molecule has 2 aromatic carbocycles. The zero-order valence-corrected chi connectivity index (χ0v) is 12.8. The molecule has 2 aromatic rings. The van der Waals surface area contributed by atoms with Gasteiger partial charge in [0.05, 0.1) is 5.92 Å². The molecule has 0 radical (unpaired) electrons. The largest absolute Gasteiger partial charge is 0.489 e. The van der Waals surface area contributed by atoms with E-state index in [1.54, 1.807) is 42.5 Å². The van der Waals surface area contributed by atoms with Crippen LogP contribution in [0, 0.1) is 11.7 Å². The molecular formula is C18H16FNO4. The third-order valence-electron chi connectivity index (χ3n) is 3.97. The minimum absolute atomic E-state index is 0.0148. The van der Waals surface area contributed by atoms with Crippen molar-refractivity contribution in [2.24, 2.45) is 5.92 Å². The summed E-state index contributed by atoms with van der Waals surface area (Å²) in [5, 5.41) is 9.01. The fourth-order valence-electron chi connectivity index (χ4n) is 2.62. The van der Waals surface area contributed by atoms with E-state index in [-0.39, 0.29) is 31.3 Å². The quantitative estimate of drug-likeness (QED) is 0.916. The Balaban J connectivity index is 1.65. The predicted octanol–water partition coefficient (Wildman–Crippen LogP) is 2.84. The molecule has 1 amide bonds. The maximum atomic E-state index is 13.5. The fraction of sp³-hybridized carbons (Fsp3) is 0.222. The van der Waals surface area contributed by atoms with Crippen molar-refractivity contribution in [2.45, 2.75) is 13.0 Å². The molecule has 124 valence electrons. The molecule has 0 aromatic heterocycles. The van der Waals surface area contributed by atoms with Gasteiger partial charge in [-0.3, -0.25) is 9.59 Å². The third kappa shape index (κ3) is 3.37. The van der Waals surface area contributed by atoms with E-state index in [1.165, 1.54) is 11.0 Å². The van der Waals surface area contributed by atoms with Crippen molar-refractivity contribution in [3.8, 4) is 5.75 Å². The number of carboxylic acids is 1. The molecule has 0 unspecified atom stereocenters. The number of carboxylic acid groups (broad SMARTS) is 1. The standard InChI is InChI=1S/C18H16FNO4/c19-16-4-2-1-3-12(16)11-24-15-7-5-14(6-8-15)20-10-13(18(22)23)9-17(20)21/h1-8,13H,9-11H2,(H,22,23)/t13-/m0/s1. The van der Waals surface area contributed by atoms with Gasteiger partial charge in [-0.25, -0.2) is 4.39 Å². The number of carbonyl (C=O) groups is 2. The normalized spacial score (nSPS) is 17.1. The SMILES string of the molecule is O=C(O)[C@H]1CC(=O)N(c2ccc(OCc3ccccc3F)cc2)C1. The Labute approximate surface area is 138 Å². The van der Waals surface area contributed by atoms with Gasteiger partial charge in [0.1, 0.15) is 18.2 Å². The predicted molar refractivity (Wildman–Crippen MR) is 85.3 cm³/mol. The second-order valence-electron chi connectivity index (χ2n) is 5.62. The summed E-state index contributed by atoms with van der Waals surface area (Å²) in [5.74, 6) is -1.62. The van der Waals surface area contributed by atoms with Crippen LogP contribution in [-0.4, -0.2) is 23.5 Å². The van der Waals surface area contributed by atoms with E-state index in [9.17, 15) is 14.0 Å². The zero-order valence-electron chi connectivity index (χ0n) is 12.8. The lowest BCUT2D eigenvalue weighted by molar-refractivity contribution is -0.141. The van der Waals surface area contributed by atoms with E-state index in [0.717, 1.165) is 0 Å². The Morgan fingerprint density at radius 2 is 1.92 bits per heavy atom. The van der Waals surface area contributed by atoms with Crippen LogP contribution in [0.5, 0.6) is 5.75 Å². The highest BCUT2D eigenvalue weighted by Crippen LogP contribution is 2.27. The molecule has 0 aliphatic carbocycles. The Hall–Kier alpha value is -2.89. The fourth-order valence-corrected chi connectivity index (χ4v) is 2.62. The minimum Gasteiger partial charge on any atom is -0.489 e. The first-order chi connectivity index (χ1) is 11.5. The molecule has 24 heavy (non-hydrogen) atoms. The zero-order chi connectivity index (χ0) is 17.1. The second-order valence-corrected chi connectivity index (χ2v) is 5.62. The smallest absolute Gasteiger partial charge is 0.308 e. The molecule has 0 spiro atoms. The van der Waals surface area contributed by atoms with Crippen molar-refractivity contribution in [3.05, 3.63) is 59.9 Å². The molecule has 1 aliphatic rings. The molecule has 1 N–H and O–H groups in total. The molecule has 3 rings (SSSR count). The minimum atomic E-state index is -0.962. The lowest BCUT2D eigenvalue weighted by atomic mass is 10.1. The van der Waals surface area contributed by atoms with Gasteiger partial charge < -0.3 is 14.7 Å². The molecule has 1 atom stereocenters. The van der Waals surface area contributed by atoms with Gasteiger partial charge >= 0.3 is 5.97 Å². The molecule has 5 nitrogen and oxygen atoms in total. The van der Waals surface area contributed by atoms with Gasteiger partial charge in [-0.05, 0) is 30.3 Å². The van der Waals surface area contributed by atoms with Crippen LogP contribution < -0.4 is 9.64 Å². The first kappa shape index (κ1) is 16.0. The average molecular weight is 329 g/mol. The van der Waals surface area contributed by atoms with Crippen LogP contribution in [0.2, 0.25) is 0 Å². The van der Waals surface area contributed by atoms with Gasteiger partial charge in [0, 0.05) is 24.2 Å². The maximum Gasteiger partial charge on any atom is 0.308 e. The van der Waals surface area contributed by atoms with Crippen LogP contribution in [0.3, 0.4) is 0 Å². The highest BCUT2D eigenvalue weighted by atomic mass is 19.1. The van der Waals surface area contributed by atoms with E-state index in [0.29, 0.717) is 17.0 Å². The van der Waals surface area contributed by atoms with Gasteiger partial charge in [0.25, 0.3) is 0 Å². The van der Waals surface area contributed by atoms with Gasteiger partial charge in [0.2, 0.25) is 5.91 Å². The molecular weight excluding hydrogens is 313 g/mol. The molecule has 6 heteroatoms. The van der Waals surface area contributed by atoms with E-state index in [2.05, 4.69) is 0 Å². The lowest BCUT2D eigenvalue weighted by Gasteiger charge is -2.16. The van der Waals surface area contributed by atoms with Gasteiger partial charge in [-0.2, -0.15) is 0 Å². The van der Waals surface area contributed by atoms with Crippen molar-refractivity contribution in [1.82, 2.24) is 0 Å². The Kier molecular flexibility index (Phi) is 4.46. The van der Waals surface area contributed by atoms with Crippen molar-refractivity contribution in [1.29, 1.82) is 0 Å². The Bertz CT molecular complexity index is 760. The van der Waals surface area contributed by atoms with Gasteiger partial charge in [0.15, 0.2) is 0 Å². The molecule has 1 fully saturated rings. The number of amides is 1. The number of halogens is 1. The average Bonchev–Trinajstić information content (AvgIpc) is 2.97. The third-order valence-corrected chi connectivity index (χ3v) is 3.97. The van der Waals surface area contributed by atoms with Gasteiger partial charge in [-0.15, -0.1) is 0 Å². The summed E-state index contributed by atoms with van der Waals surface area (Å²) in [6, 6.07) is 13.1. The molecule has 0 bridgehead atoms. The number of anilines is 1. The summed E-state index contributed by atoms with van der Waals surface area (Å²) >= 11 is 0. The molecule has 1 aliphatic heterocycles. The van der Waals surface area contributed by atoms with Crippen LogP contribution in [0.1, 0.15) is 12.0 Å². The summed E-state index contributed by atoms with van der Waals surface area (Å²) < 4.78 is 19.1. The number of hydrogen-bond donors (Lipinski definition) is 1. The van der Waals surface area contributed by atoms with Gasteiger partial charge in [-0.1, -0.05) is 18.2 Å². The van der Waals surface area contributed by atoms with E-state index >= 15 is 0 Å². The summed E-state index contributed by atoms with van der Waals surface area (Å²) in [5.41, 5.74) is 1.09. The highest BCUT2D eigenvalue weighted by molar-refractivity contribution is 5.99. The van der Waals surface area contributed by atoms with Crippen molar-refractivity contribution >= 4 is 17.6 Å². The van der Waals surface area contributed by atoms with Crippen LogP contribution in [0.25, 0.3) is 0 Å². The molecule has 1 saturated heterocycles. The van der Waals surface area contributed by atoms with Crippen LogP contribution >= 0.6 is 0 Å². The number of nitrogens with zero attached hydrogens (tertiary/aromatic N) is 1. The highest BCUT2D eigenvalue weighted by Gasteiger charge is 2.34. The van der Waals surface area contributed by atoms with Crippen LogP contribution in [0.15, 0.2) is 48.5 Å². The summed E-state index contributed by atoms with van der Waals surface area (Å²) in [4.78, 5) is 24.4. The van der Waals surface area contributed by atoms with Crippen LogP contribution in [-0.2, 0) is 16.2 Å². The lowest BCUT2D eigenvalue weighted by Crippen LogP contribution is -2.25. The second kappa shape index (κ2) is 6.70. The van der Waals surface area contributed by atoms with E-state index in [1.807, 2.05) is 0 Å². The van der Waals surface area contributed by atoms with Crippen molar-refractivity contribution in [3.63, 3.8) is 0 Å². The van der Waals surface area contributed by atoms with Crippen molar-refractivity contribution < 1.29 is 23.8 Å². The van der Waals surface area contributed by atoms with Crippen LogP contribution in [0.4, 0.5) is 10.1 Å². The number of ether oxygens (including phenoxy) is 1. The first-order valence-corrected chi connectivity index (χ1v) is 7.54. The molecule has 1 heterocycles. The molecule has 0 saturated carbocycles. The monoisotopic (exact) mass is 329 g/mol. The number of rotatable bonds is 5. The topological polar surface area (TPSA) is 66.8 Å². The maximum absolute atomic E-state index is 13.5. The number of benzene rings is 2. The summed E-state index contributed by atoms with van der Waals surface area (Å²) in [6.45, 7) is 0.277.